The number of carbonyl (C=O) groups is 1. The van der Waals surface area contributed by atoms with Gasteiger partial charge >= 0.3 is 0 Å². The van der Waals surface area contributed by atoms with Gasteiger partial charge in [-0.3, -0.25) is 4.79 Å². The van der Waals surface area contributed by atoms with Crippen LogP contribution >= 0.6 is 0 Å². The van der Waals surface area contributed by atoms with E-state index in [2.05, 4.69) is 5.32 Å². The maximum absolute atomic E-state index is 12.6. The number of amides is 1. The predicted molar refractivity (Wildman–Crippen MR) is 101 cm³/mol. The van der Waals surface area contributed by atoms with Crippen LogP contribution in [-0.4, -0.2) is 20.1 Å². The Labute approximate surface area is 150 Å². The summed E-state index contributed by atoms with van der Waals surface area (Å²) < 4.78 is 16.3. The Morgan fingerprint density at radius 1 is 0.846 bits per heavy atom. The molecule has 1 aromatic heterocycles. The van der Waals surface area contributed by atoms with E-state index in [-0.39, 0.29) is 5.91 Å². The minimum atomic E-state index is -0.252. The smallest absolute Gasteiger partial charge is 0.255 e. The molecule has 0 saturated heterocycles. The SMILES string of the molecule is COc1cc(OC)cc(C(=O)Nc2ccc3c(c2)oc2ccccc23)c1. The fourth-order valence-corrected chi connectivity index (χ4v) is 2.95. The zero-order chi connectivity index (χ0) is 18.1. The Hall–Kier alpha value is -3.47. The number of methoxy groups -OCH3 is 2. The third kappa shape index (κ3) is 2.84. The number of carbonyl (C=O) groups excluding carboxylic acids is 1. The highest BCUT2D eigenvalue weighted by atomic mass is 16.5. The maximum atomic E-state index is 12.6. The van der Waals surface area contributed by atoms with Crippen molar-refractivity contribution < 1.29 is 18.7 Å². The first kappa shape index (κ1) is 16.0. The van der Waals surface area contributed by atoms with Crippen molar-refractivity contribution in [1.29, 1.82) is 0 Å². The molecule has 26 heavy (non-hydrogen) atoms. The average Bonchev–Trinajstić information content (AvgIpc) is 3.05. The van der Waals surface area contributed by atoms with Gasteiger partial charge in [0.15, 0.2) is 0 Å². The number of para-hydroxylation sites is 1. The lowest BCUT2D eigenvalue weighted by molar-refractivity contribution is 0.102. The van der Waals surface area contributed by atoms with Crippen LogP contribution in [0.25, 0.3) is 21.9 Å². The Morgan fingerprint density at radius 2 is 1.54 bits per heavy atom. The number of nitrogens with one attached hydrogen (secondary N) is 1. The van der Waals surface area contributed by atoms with Crippen molar-refractivity contribution in [2.45, 2.75) is 0 Å². The number of anilines is 1. The maximum Gasteiger partial charge on any atom is 0.255 e. The van der Waals surface area contributed by atoms with Crippen molar-refractivity contribution in [1.82, 2.24) is 0 Å². The summed E-state index contributed by atoms with van der Waals surface area (Å²) in [5.74, 6) is 0.863. The van der Waals surface area contributed by atoms with Crippen molar-refractivity contribution >= 4 is 33.5 Å². The molecule has 3 aromatic carbocycles. The van der Waals surface area contributed by atoms with Gasteiger partial charge in [-0.1, -0.05) is 18.2 Å². The third-order valence-electron chi connectivity index (χ3n) is 4.25. The largest absolute Gasteiger partial charge is 0.497 e. The zero-order valence-corrected chi connectivity index (χ0v) is 14.4. The van der Waals surface area contributed by atoms with Gasteiger partial charge in [0.25, 0.3) is 5.91 Å². The Balaban J connectivity index is 1.66. The number of ether oxygens (including phenoxy) is 2. The van der Waals surface area contributed by atoms with Gasteiger partial charge < -0.3 is 19.2 Å². The van der Waals surface area contributed by atoms with E-state index in [0.29, 0.717) is 22.7 Å². The molecule has 1 heterocycles. The number of hydrogen-bond donors (Lipinski definition) is 1. The van der Waals surface area contributed by atoms with Crippen molar-refractivity contribution in [3.8, 4) is 11.5 Å². The van der Waals surface area contributed by atoms with Crippen molar-refractivity contribution in [2.75, 3.05) is 19.5 Å². The Kier molecular flexibility index (Phi) is 3.97. The summed E-state index contributed by atoms with van der Waals surface area (Å²) in [6, 6.07) is 18.5. The Morgan fingerprint density at radius 3 is 2.27 bits per heavy atom. The molecule has 5 nitrogen and oxygen atoms in total. The molecule has 1 amide bonds. The number of rotatable bonds is 4. The van der Waals surface area contributed by atoms with Crippen LogP contribution < -0.4 is 14.8 Å². The summed E-state index contributed by atoms with van der Waals surface area (Å²) in [6.45, 7) is 0. The van der Waals surface area contributed by atoms with Gasteiger partial charge in [-0.05, 0) is 30.3 Å². The number of hydrogen-bond acceptors (Lipinski definition) is 4. The quantitative estimate of drug-likeness (QED) is 0.573. The molecule has 0 atom stereocenters. The lowest BCUT2D eigenvalue weighted by Gasteiger charge is -2.09. The molecule has 0 aliphatic heterocycles. The molecule has 0 aliphatic carbocycles. The highest BCUT2D eigenvalue weighted by Crippen LogP contribution is 2.30. The van der Waals surface area contributed by atoms with Crippen LogP contribution in [-0.2, 0) is 0 Å². The standard InChI is InChI=1S/C21H17NO4/c1-24-15-9-13(10-16(12-15)25-2)21(23)22-14-7-8-18-17-5-3-4-6-19(17)26-20(18)11-14/h3-12H,1-2H3,(H,22,23). The normalized spacial score (nSPS) is 10.8. The summed E-state index contributed by atoms with van der Waals surface area (Å²) in [6.07, 6.45) is 0. The van der Waals surface area contributed by atoms with E-state index in [1.54, 1.807) is 32.4 Å². The summed E-state index contributed by atoms with van der Waals surface area (Å²) in [5.41, 5.74) is 2.66. The number of furan rings is 1. The first-order valence-corrected chi connectivity index (χ1v) is 8.13. The van der Waals surface area contributed by atoms with E-state index in [4.69, 9.17) is 13.9 Å². The van der Waals surface area contributed by atoms with Crippen LogP contribution in [0, 0.1) is 0 Å². The summed E-state index contributed by atoms with van der Waals surface area (Å²) in [4.78, 5) is 12.6. The second-order valence-electron chi connectivity index (χ2n) is 5.86. The molecule has 0 bridgehead atoms. The summed E-state index contributed by atoms with van der Waals surface area (Å²) in [5, 5.41) is 4.96. The van der Waals surface area contributed by atoms with E-state index >= 15 is 0 Å². The minimum absolute atomic E-state index is 0.252. The van der Waals surface area contributed by atoms with E-state index in [1.807, 2.05) is 42.5 Å². The van der Waals surface area contributed by atoms with Crippen LogP contribution in [0.15, 0.2) is 65.1 Å². The van der Waals surface area contributed by atoms with Gasteiger partial charge in [0.2, 0.25) is 0 Å². The van der Waals surface area contributed by atoms with Crippen LogP contribution in [0.1, 0.15) is 10.4 Å². The first-order chi connectivity index (χ1) is 12.7. The van der Waals surface area contributed by atoms with Crippen molar-refractivity contribution in [2.24, 2.45) is 0 Å². The van der Waals surface area contributed by atoms with E-state index in [9.17, 15) is 4.79 Å². The molecular formula is C21H17NO4. The lowest BCUT2D eigenvalue weighted by atomic mass is 10.1. The monoisotopic (exact) mass is 347 g/mol. The average molecular weight is 347 g/mol. The highest BCUT2D eigenvalue weighted by Gasteiger charge is 2.12. The van der Waals surface area contributed by atoms with E-state index < -0.39 is 0 Å². The topological polar surface area (TPSA) is 60.7 Å². The van der Waals surface area contributed by atoms with Crippen LogP contribution in [0.2, 0.25) is 0 Å². The van der Waals surface area contributed by atoms with Gasteiger partial charge in [0, 0.05) is 34.2 Å². The van der Waals surface area contributed by atoms with Gasteiger partial charge in [0.05, 0.1) is 14.2 Å². The van der Waals surface area contributed by atoms with Crippen LogP contribution in [0.5, 0.6) is 11.5 Å². The molecule has 0 spiro atoms. The van der Waals surface area contributed by atoms with E-state index in [0.717, 1.165) is 21.9 Å². The molecule has 5 heteroatoms. The van der Waals surface area contributed by atoms with Crippen LogP contribution in [0.3, 0.4) is 0 Å². The summed E-state index contributed by atoms with van der Waals surface area (Å²) >= 11 is 0. The second-order valence-corrected chi connectivity index (χ2v) is 5.86. The molecule has 4 rings (SSSR count). The molecule has 4 aromatic rings. The fraction of sp³-hybridized carbons (Fsp3) is 0.0952. The van der Waals surface area contributed by atoms with E-state index in [1.165, 1.54) is 0 Å². The molecule has 1 N–H and O–H groups in total. The third-order valence-corrected chi connectivity index (χ3v) is 4.25. The molecule has 0 radical (unpaired) electrons. The highest BCUT2D eigenvalue weighted by molar-refractivity contribution is 6.08. The molecule has 0 saturated carbocycles. The van der Waals surface area contributed by atoms with Crippen LogP contribution in [0.4, 0.5) is 5.69 Å². The fourth-order valence-electron chi connectivity index (χ4n) is 2.95. The zero-order valence-electron chi connectivity index (χ0n) is 14.4. The van der Waals surface area contributed by atoms with Gasteiger partial charge in [-0.25, -0.2) is 0 Å². The molecular weight excluding hydrogens is 330 g/mol. The second kappa shape index (κ2) is 6.44. The lowest BCUT2D eigenvalue weighted by Crippen LogP contribution is -2.12. The molecule has 130 valence electrons. The number of benzene rings is 3. The summed E-state index contributed by atoms with van der Waals surface area (Å²) in [7, 11) is 3.10. The molecule has 0 fully saturated rings. The van der Waals surface area contributed by atoms with Gasteiger partial charge in [-0.15, -0.1) is 0 Å². The first-order valence-electron chi connectivity index (χ1n) is 8.13. The Bertz CT molecular complexity index is 1090. The van der Waals surface area contributed by atoms with Crippen molar-refractivity contribution in [3.63, 3.8) is 0 Å². The predicted octanol–water partition coefficient (Wildman–Crippen LogP) is 4.86. The number of fused-ring (bicyclic) bond motifs is 3. The molecule has 0 unspecified atom stereocenters. The van der Waals surface area contributed by atoms with Crippen molar-refractivity contribution in [3.05, 3.63) is 66.2 Å². The van der Waals surface area contributed by atoms with Gasteiger partial charge in [-0.2, -0.15) is 0 Å². The minimum Gasteiger partial charge on any atom is -0.497 e. The molecule has 0 aliphatic rings. The van der Waals surface area contributed by atoms with Gasteiger partial charge in [0.1, 0.15) is 22.7 Å².